The lowest BCUT2D eigenvalue weighted by Gasteiger charge is -2.38. The van der Waals surface area contributed by atoms with Gasteiger partial charge in [0.15, 0.2) is 17.5 Å². The molecule has 1 atom stereocenters. The number of sulfonamides is 1. The molecule has 1 aliphatic heterocycles. The van der Waals surface area contributed by atoms with Crippen LogP contribution in [-0.2, 0) is 10.0 Å². The highest BCUT2D eigenvalue weighted by Crippen LogP contribution is 2.27. The van der Waals surface area contributed by atoms with Crippen molar-refractivity contribution in [2.24, 2.45) is 0 Å². The Hall–Kier alpha value is -2.59. The van der Waals surface area contributed by atoms with E-state index in [4.69, 9.17) is 0 Å². The molecule has 0 bridgehead atoms. The number of piperazine rings is 1. The summed E-state index contributed by atoms with van der Waals surface area (Å²) in [6.45, 7) is 5.15. The molecule has 1 heterocycles. The lowest BCUT2D eigenvalue weighted by Crippen LogP contribution is -2.49. The molecule has 3 rings (SSSR count). The lowest BCUT2D eigenvalue weighted by atomic mass is 10.0. The van der Waals surface area contributed by atoms with E-state index >= 15 is 0 Å². The average molecular weight is 472 g/mol. The number of rotatable bonds is 7. The van der Waals surface area contributed by atoms with Crippen LogP contribution in [0.4, 0.5) is 18.9 Å². The normalized spacial score (nSPS) is 16.1. The standard InChI is InChI=1S/C22H26F3N3O3S.H2/c1-3-14-32(30,31)26-17-6-4-16(5-7-17)22(29)28-12-10-27(11-13-28)15(2)18-8-9-19(23)21(25)20(18)24;/h4-9,15,26H,3,10-14H2,1-2H3;1H. The average Bonchev–Trinajstić information content (AvgIpc) is 2.77. The first-order valence-electron chi connectivity index (χ1n) is 10.4. The van der Waals surface area contributed by atoms with Gasteiger partial charge in [0.1, 0.15) is 0 Å². The van der Waals surface area contributed by atoms with Gasteiger partial charge in [0.25, 0.3) is 5.91 Å². The van der Waals surface area contributed by atoms with Gasteiger partial charge in [-0.3, -0.25) is 14.4 Å². The smallest absolute Gasteiger partial charge is 0.253 e. The fraction of sp³-hybridized carbons (Fsp3) is 0.409. The Balaban J connectivity index is 0.00000385. The van der Waals surface area contributed by atoms with Gasteiger partial charge in [0, 0.05) is 50.5 Å². The van der Waals surface area contributed by atoms with Crippen molar-refractivity contribution in [1.29, 1.82) is 0 Å². The minimum absolute atomic E-state index is 0. The zero-order valence-corrected chi connectivity index (χ0v) is 18.8. The number of amides is 1. The van der Waals surface area contributed by atoms with Crippen LogP contribution in [-0.4, -0.2) is 56.1 Å². The van der Waals surface area contributed by atoms with Crippen LogP contribution in [0.2, 0.25) is 0 Å². The fourth-order valence-electron chi connectivity index (χ4n) is 3.74. The van der Waals surface area contributed by atoms with Crippen molar-refractivity contribution in [3.8, 4) is 0 Å². The van der Waals surface area contributed by atoms with Gasteiger partial charge < -0.3 is 4.90 Å². The second-order valence-corrected chi connectivity index (χ2v) is 9.61. The maximum atomic E-state index is 14.1. The maximum Gasteiger partial charge on any atom is 0.253 e. The van der Waals surface area contributed by atoms with Crippen LogP contribution in [0.25, 0.3) is 0 Å². The SMILES string of the molecule is CCCS(=O)(=O)Nc1ccc(C(=O)N2CCN(C(C)c3ccc(F)c(F)c3F)CC2)cc1.[HH]. The molecular weight excluding hydrogens is 443 g/mol. The molecular formula is C22H28F3N3O3S. The zero-order valence-electron chi connectivity index (χ0n) is 17.9. The molecule has 10 heteroatoms. The summed E-state index contributed by atoms with van der Waals surface area (Å²) < 4.78 is 67.1. The highest BCUT2D eigenvalue weighted by atomic mass is 32.2. The number of anilines is 1. The molecule has 1 aliphatic rings. The molecule has 2 aromatic carbocycles. The number of nitrogens with one attached hydrogen (secondary N) is 1. The van der Waals surface area contributed by atoms with Crippen LogP contribution in [0.15, 0.2) is 36.4 Å². The van der Waals surface area contributed by atoms with Crippen LogP contribution in [0.5, 0.6) is 0 Å². The fourth-order valence-corrected chi connectivity index (χ4v) is 4.87. The molecule has 176 valence electrons. The molecule has 1 saturated heterocycles. The van der Waals surface area contributed by atoms with E-state index in [1.54, 1.807) is 43.0 Å². The second-order valence-electron chi connectivity index (χ2n) is 7.77. The Kier molecular flexibility index (Phi) is 7.45. The Morgan fingerprint density at radius 1 is 1.03 bits per heavy atom. The summed E-state index contributed by atoms with van der Waals surface area (Å²) in [6, 6.07) is 7.91. The van der Waals surface area contributed by atoms with Crippen LogP contribution in [0.1, 0.15) is 43.7 Å². The van der Waals surface area contributed by atoms with Crippen molar-refractivity contribution >= 4 is 21.6 Å². The van der Waals surface area contributed by atoms with E-state index in [1.165, 1.54) is 6.07 Å². The first-order valence-corrected chi connectivity index (χ1v) is 12.1. The molecule has 0 aliphatic carbocycles. The van der Waals surface area contributed by atoms with Crippen LogP contribution >= 0.6 is 0 Å². The number of nitrogens with zero attached hydrogens (tertiary/aromatic N) is 2. The number of halogens is 3. The summed E-state index contributed by atoms with van der Waals surface area (Å²) in [7, 11) is -3.41. The third-order valence-electron chi connectivity index (χ3n) is 5.54. The number of carbonyl (C=O) groups is 1. The predicted octanol–water partition coefficient (Wildman–Crippen LogP) is 4.02. The van der Waals surface area contributed by atoms with Crippen LogP contribution < -0.4 is 4.72 Å². The van der Waals surface area contributed by atoms with Gasteiger partial charge in [0.2, 0.25) is 10.0 Å². The zero-order chi connectivity index (χ0) is 23.5. The van der Waals surface area contributed by atoms with E-state index in [2.05, 4.69) is 4.72 Å². The van der Waals surface area contributed by atoms with E-state index in [9.17, 15) is 26.4 Å². The molecule has 1 N–H and O–H groups in total. The molecule has 0 aromatic heterocycles. The van der Waals surface area contributed by atoms with E-state index in [0.717, 1.165) is 6.07 Å². The van der Waals surface area contributed by atoms with Crippen molar-refractivity contribution in [2.45, 2.75) is 26.3 Å². The molecule has 32 heavy (non-hydrogen) atoms. The number of benzene rings is 2. The topological polar surface area (TPSA) is 69.7 Å². The van der Waals surface area contributed by atoms with Crippen LogP contribution in [0.3, 0.4) is 0 Å². The lowest BCUT2D eigenvalue weighted by molar-refractivity contribution is 0.0578. The highest BCUT2D eigenvalue weighted by Gasteiger charge is 2.28. The van der Waals surface area contributed by atoms with Gasteiger partial charge in [-0.15, -0.1) is 0 Å². The largest absolute Gasteiger partial charge is 0.336 e. The summed E-state index contributed by atoms with van der Waals surface area (Å²) >= 11 is 0. The van der Waals surface area contributed by atoms with E-state index < -0.39 is 33.5 Å². The van der Waals surface area contributed by atoms with Crippen molar-refractivity contribution in [3.63, 3.8) is 0 Å². The summed E-state index contributed by atoms with van der Waals surface area (Å²) in [5.41, 5.74) is 0.892. The van der Waals surface area contributed by atoms with Gasteiger partial charge in [-0.25, -0.2) is 21.6 Å². The molecule has 0 saturated carbocycles. The summed E-state index contributed by atoms with van der Waals surface area (Å²) in [4.78, 5) is 16.4. The maximum absolute atomic E-state index is 14.1. The van der Waals surface area contributed by atoms with Gasteiger partial charge in [-0.05, 0) is 43.7 Å². The van der Waals surface area contributed by atoms with Gasteiger partial charge in [-0.2, -0.15) is 0 Å². The minimum Gasteiger partial charge on any atom is -0.336 e. The van der Waals surface area contributed by atoms with E-state index in [0.29, 0.717) is 43.9 Å². The first-order chi connectivity index (χ1) is 15.1. The van der Waals surface area contributed by atoms with Gasteiger partial charge in [-0.1, -0.05) is 13.0 Å². The van der Waals surface area contributed by atoms with E-state index in [-0.39, 0.29) is 18.7 Å². The van der Waals surface area contributed by atoms with Gasteiger partial charge >= 0.3 is 0 Å². The van der Waals surface area contributed by atoms with Crippen molar-refractivity contribution in [1.82, 2.24) is 9.80 Å². The quantitative estimate of drug-likeness (QED) is 0.620. The monoisotopic (exact) mass is 471 g/mol. The van der Waals surface area contributed by atoms with E-state index in [1.807, 2.05) is 4.90 Å². The predicted molar refractivity (Wildman–Crippen MR) is 118 cm³/mol. The molecule has 0 spiro atoms. The Labute approximate surface area is 187 Å². The number of hydrogen-bond acceptors (Lipinski definition) is 4. The van der Waals surface area contributed by atoms with Crippen LogP contribution in [0, 0.1) is 17.5 Å². The molecule has 1 unspecified atom stereocenters. The van der Waals surface area contributed by atoms with Gasteiger partial charge in [0.05, 0.1) is 5.75 Å². The molecule has 2 aromatic rings. The highest BCUT2D eigenvalue weighted by molar-refractivity contribution is 7.92. The number of carbonyl (C=O) groups excluding carboxylic acids is 1. The Bertz CT molecular complexity index is 1080. The molecule has 6 nitrogen and oxygen atoms in total. The third-order valence-corrected chi connectivity index (χ3v) is 7.03. The minimum atomic E-state index is -3.41. The molecule has 1 fully saturated rings. The van der Waals surface area contributed by atoms with Crippen molar-refractivity contribution < 1.29 is 27.8 Å². The first kappa shape index (κ1) is 24.1. The van der Waals surface area contributed by atoms with Crippen molar-refractivity contribution in [3.05, 3.63) is 65.0 Å². The number of hydrogen-bond donors (Lipinski definition) is 1. The molecule has 1 amide bonds. The third kappa shape index (κ3) is 5.42. The molecule has 0 radical (unpaired) electrons. The summed E-state index contributed by atoms with van der Waals surface area (Å²) in [6.07, 6.45) is 0.499. The Morgan fingerprint density at radius 2 is 1.66 bits per heavy atom. The Morgan fingerprint density at radius 3 is 2.25 bits per heavy atom. The summed E-state index contributed by atoms with van der Waals surface area (Å²) in [5, 5.41) is 0. The second kappa shape index (κ2) is 9.91. The van der Waals surface area contributed by atoms with Crippen molar-refractivity contribution in [2.75, 3.05) is 36.7 Å². The summed E-state index contributed by atoms with van der Waals surface area (Å²) in [5.74, 6) is -4.07.